The van der Waals surface area contributed by atoms with E-state index in [4.69, 9.17) is 11.5 Å². The summed E-state index contributed by atoms with van der Waals surface area (Å²) in [7, 11) is 0. The van der Waals surface area contributed by atoms with E-state index in [1.807, 2.05) is 0 Å². The highest BCUT2D eigenvalue weighted by atomic mass is 16.1. The molecule has 0 fully saturated rings. The third-order valence-electron chi connectivity index (χ3n) is 2.46. The average Bonchev–Trinajstić information content (AvgIpc) is 2.57. The zero-order chi connectivity index (χ0) is 12.6. The van der Waals surface area contributed by atoms with E-state index in [0.29, 0.717) is 17.1 Å². The summed E-state index contributed by atoms with van der Waals surface area (Å²) < 4.78 is 1.47. The molecule has 2 rings (SSSR count). The van der Waals surface area contributed by atoms with Gasteiger partial charge < -0.3 is 11.5 Å². The Hall–Kier alpha value is -2.44. The van der Waals surface area contributed by atoms with Crippen LogP contribution in [-0.2, 0) is 0 Å². The maximum absolute atomic E-state index is 11.2. The summed E-state index contributed by atoms with van der Waals surface area (Å²) in [5.74, 6) is -0.364. The lowest BCUT2D eigenvalue weighted by atomic mass is 10.3. The van der Waals surface area contributed by atoms with Crippen molar-refractivity contribution in [1.29, 1.82) is 0 Å². The lowest BCUT2D eigenvalue weighted by Crippen LogP contribution is -2.18. The molecule has 0 aliphatic heterocycles. The van der Waals surface area contributed by atoms with E-state index in [1.54, 1.807) is 13.8 Å². The number of carbonyl (C=O) groups is 1. The largest absolute Gasteiger partial charge is 0.396 e. The molecular formula is C10H12N6O. The van der Waals surface area contributed by atoms with Crippen molar-refractivity contribution in [2.75, 3.05) is 5.73 Å². The van der Waals surface area contributed by atoms with Gasteiger partial charge in [-0.3, -0.25) is 4.79 Å². The number of carbonyl (C=O) groups excluding carboxylic acids is 1. The van der Waals surface area contributed by atoms with Gasteiger partial charge in [0.05, 0.1) is 17.1 Å². The summed E-state index contributed by atoms with van der Waals surface area (Å²) in [6, 6.07) is 0. The predicted molar refractivity (Wildman–Crippen MR) is 61.6 cm³/mol. The van der Waals surface area contributed by atoms with Gasteiger partial charge in [0.1, 0.15) is 0 Å². The molecule has 0 saturated heterocycles. The Morgan fingerprint density at radius 1 is 1.29 bits per heavy atom. The Morgan fingerprint density at radius 3 is 2.47 bits per heavy atom. The van der Waals surface area contributed by atoms with Crippen LogP contribution in [0.1, 0.15) is 21.9 Å². The van der Waals surface area contributed by atoms with E-state index in [2.05, 4.69) is 15.1 Å². The first-order valence-electron chi connectivity index (χ1n) is 4.95. The van der Waals surface area contributed by atoms with Crippen LogP contribution in [0.25, 0.3) is 5.82 Å². The fourth-order valence-corrected chi connectivity index (χ4v) is 1.52. The van der Waals surface area contributed by atoms with Crippen molar-refractivity contribution < 1.29 is 4.79 Å². The molecule has 0 aliphatic rings. The number of primary amides is 1. The molecule has 0 radical (unpaired) electrons. The van der Waals surface area contributed by atoms with E-state index in [9.17, 15) is 4.79 Å². The number of hydrogen-bond acceptors (Lipinski definition) is 5. The predicted octanol–water partition coefficient (Wildman–Crippen LogP) is -0.0398. The van der Waals surface area contributed by atoms with Crippen LogP contribution < -0.4 is 11.5 Å². The molecule has 1 amide bonds. The van der Waals surface area contributed by atoms with Crippen molar-refractivity contribution in [2.24, 2.45) is 5.73 Å². The summed E-state index contributed by atoms with van der Waals surface area (Å²) >= 11 is 0. The van der Waals surface area contributed by atoms with Crippen molar-refractivity contribution in [1.82, 2.24) is 19.7 Å². The molecule has 0 saturated carbocycles. The smallest absolute Gasteiger partial charge is 0.271 e. The number of anilines is 1. The first-order chi connectivity index (χ1) is 8.02. The topological polar surface area (TPSA) is 113 Å². The van der Waals surface area contributed by atoms with Gasteiger partial charge in [-0.15, -0.1) is 0 Å². The molecular weight excluding hydrogens is 220 g/mol. The van der Waals surface area contributed by atoms with Gasteiger partial charge >= 0.3 is 0 Å². The summed E-state index contributed by atoms with van der Waals surface area (Å²) in [6.45, 7) is 3.56. The number of aryl methyl sites for hydroxylation is 1. The monoisotopic (exact) mass is 232 g/mol. The number of hydrogen-bond donors (Lipinski definition) is 2. The molecule has 0 spiro atoms. The Morgan fingerprint density at radius 2 is 1.94 bits per heavy atom. The maximum Gasteiger partial charge on any atom is 0.271 e. The number of nitrogens with two attached hydrogens (primary N) is 2. The molecule has 2 aromatic heterocycles. The quantitative estimate of drug-likeness (QED) is 0.754. The van der Waals surface area contributed by atoms with Crippen LogP contribution in [0.5, 0.6) is 0 Å². The lowest BCUT2D eigenvalue weighted by molar-refractivity contribution is 0.0995. The second-order valence-corrected chi connectivity index (χ2v) is 3.59. The van der Waals surface area contributed by atoms with Gasteiger partial charge in [-0.05, 0) is 13.8 Å². The lowest BCUT2D eigenvalue weighted by Gasteiger charge is -2.05. The van der Waals surface area contributed by atoms with Crippen LogP contribution in [0.3, 0.4) is 0 Å². The molecule has 2 heterocycles. The molecule has 7 nitrogen and oxygen atoms in total. The summed E-state index contributed by atoms with van der Waals surface area (Å²) in [5.41, 5.74) is 13.0. The van der Waals surface area contributed by atoms with Crippen molar-refractivity contribution in [3.63, 3.8) is 0 Å². The molecule has 0 aromatic carbocycles. The molecule has 2 aromatic rings. The minimum Gasteiger partial charge on any atom is -0.396 e. The van der Waals surface area contributed by atoms with Gasteiger partial charge in [0.15, 0.2) is 11.5 Å². The van der Waals surface area contributed by atoms with Gasteiger partial charge in [-0.25, -0.2) is 14.6 Å². The third-order valence-corrected chi connectivity index (χ3v) is 2.46. The van der Waals surface area contributed by atoms with E-state index >= 15 is 0 Å². The molecule has 0 bridgehead atoms. The van der Waals surface area contributed by atoms with Crippen LogP contribution in [0.4, 0.5) is 5.69 Å². The van der Waals surface area contributed by atoms with Crippen molar-refractivity contribution in [3.8, 4) is 5.82 Å². The first-order valence-corrected chi connectivity index (χ1v) is 4.95. The Balaban J connectivity index is 2.68. The second kappa shape index (κ2) is 3.85. The summed E-state index contributed by atoms with van der Waals surface area (Å²) in [5, 5.41) is 4.20. The minimum absolute atomic E-state index is 0.0677. The minimum atomic E-state index is -0.653. The van der Waals surface area contributed by atoms with Crippen molar-refractivity contribution in [2.45, 2.75) is 13.8 Å². The highest BCUT2D eigenvalue weighted by Gasteiger charge is 2.17. The summed E-state index contributed by atoms with van der Waals surface area (Å²) in [6.07, 6.45) is 2.87. The Bertz CT molecular complexity index is 588. The normalized spacial score (nSPS) is 10.5. The van der Waals surface area contributed by atoms with E-state index in [-0.39, 0.29) is 11.5 Å². The highest BCUT2D eigenvalue weighted by Crippen LogP contribution is 2.19. The number of nitrogens with zero attached hydrogens (tertiary/aromatic N) is 4. The molecule has 17 heavy (non-hydrogen) atoms. The zero-order valence-corrected chi connectivity index (χ0v) is 9.51. The first kappa shape index (κ1) is 11.1. The SMILES string of the molecule is Cc1nn(-c2nccnc2C(N)=O)c(C)c1N. The van der Waals surface area contributed by atoms with Crippen LogP contribution in [0.2, 0.25) is 0 Å². The fourth-order valence-electron chi connectivity index (χ4n) is 1.52. The van der Waals surface area contributed by atoms with Gasteiger partial charge in [-0.2, -0.15) is 5.10 Å². The fraction of sp³-hybridized carbons (Fsp3) is 0.200. The van der Waals surface area contributed by atoms with E-state index in [1.165, 1.54) is 17.1 Å². The molecule has 0 aliphatic carbocycles. The van der Waals surface area contributed by atoms with Crippen LogP contribution >= 0.6 is 0 Å². The molecule has 7 heteroatoms. The van der Waals surface area contributed by atoms with Gasteiger partial charge in [-0.1, -0.05) is 0 Å². The van der Waals surface area contributed by atoms with Crippen LogP contribution in [0, 0.1) is 13.8 Å². The van der Waals surface area contributed by atoms with Gasteiger partial charge in [0, 0.05) is 12.4 Å². The van der Waals surface area contributed by atoms with Crippen molar-refractivity contribution >= 4 is 11.6 Å². The number of nitrogen functional groups attached to an aromatic ring is 1. The van der Waals surface area contributed by atoms with Gasteiger partial charge in [0.2, 0.25) is 0 Å². The Labute approximate surface area is 97.5 Å². The highest BCUT2D eigenvalue weighted by molar-refractivity contribution is 5.93. The van der Waals surface area contributed by atoms with E-state index in [0.717, 1.165) is 0 Å². The van der Waals surface area contributed by atoms with Crippen molar-refractivity contribution in [3.05, 3.63) is 29.5 Å². The Kier molecular flexibility index (Phi) is 2.51. The zero-order valence-electron chi connectivity index (χ0n) is 9.51. The standard InChI is InChI=1S/C10H12N6O/c1-5-7(11)6(2)16(15-5)10-8(9(12)17)13-3-4-14-10/h3-4H,11H2,1-2H3,(H2,12,17). The molecule has 0 atom stereocenters. The molecule has 0 unspecified atom stereocenters. The van der Waals surface area contributed by atoms with Gasteiger partial charge in [0.25, 0.3) is 5.91 Å². The second-order valence-electron chi connectivity index (χ2n) is 3.59. The number of rotatable bonds is 2. The van der Waals surface area contributed by atoms with Crippen LogP contribution in [0.15, 0.2) is 12.4 Å². The maximum atomic E-state index is 11.2. The summed E-state index contributed by atoms with van der Waals surface area (Å²) in [4.78, 5) is 19.2. The average molecular weight is 232 g/mol. The van der Waals surface area contributed by atoms with E-state index < -0.39 is 5.91 Å². The van der Waals surface area contributed by atoms with Crippen LogP contribution in [-0.4, -0.2) is 25.7 Å². The number of aromatic nitrogens is 4. The number of amides is 1. The molecule has 4 N–H and O–H groups in total. The molecule has 88 valence electrons. The third kappa shape index (κ3) is 1.71.